The highest BCUT2D eigenvalue weighted by molar-refractivity contribution is 7.88. The Balaban J connectivity index is 1.37. The highest BCUT2D eigenvalue weighted by Crippen LogP contribution is 2.39. The Morgan fingerprint density at radius 3 is 2.64 bits per heavy atom. The fourth-order valence-electron chi connectivity index (χ4n) is 5.35. The first-order valence-corrected chi connectivity index (χ1v) is 12.3. The van der Waals surface area contributed by atoms with E-state index in [0.29, 0.717) is 24.8 Å². The summed E-state index contributed by atoms with van der Waals surface area (Å²) in [5.41, 5.74) is 1.33. The van der Waals surface area contributed by atoms with Crippen LogP contribution in [0.4, 0.5) is 0 Å². The minimum absolute atomic E-state index is 0.0997. The Labute approximate surface area is 168 Å². The van der Waals surface area contributed by atoms with E-state index in [0.717, 1.165) is 45.3 Å². The molecule has 1 N–H and O–H groups in total. The third-order valence-electron chi connectivity index (χ3n) is 6.69. The number of sulfonamides is 1. The van der Waals surface area contributed by atoms with Gasteiger partial charge in [-0.25, -0.2) is 8.42 Å². The van der Waals surface area contributed by atoms with Crippen molar-refractivity contribution < 1.29 is 13.2 Å². The van der Waals surface area contributed by atoms with Gasteiger partial charge in [0, 0.05) is 32.2 Å². The topological polar surface area (TPSA) is 69.7 Å². The number of hydrogen-bond acceptors (Lipinski definition) is 4. The Morgan fingerprint density at radius 1 is 1.11 bits per heavy atom. The van der Waals surface area contributed by atoms with Crippen LogP contribution in [-0.4, -0.2) is 61.5 Å². The lowest BCUT2D eigenvalue weighted by molar-refractivity contribution is -0.126. The average Bonchev–Trinajstić information content (AvgIpc) is 3.23. The maximum Gasteiger partial charge on any atom is 0.238 e. The minimum Gasteiger partial charge on any atom is -0.352 e. The molecule has 4 atom stereocenters. The fraction of sp³-hybridized carbons (Fsp3) is 0.667. The van der Waals surface area contributed by atoms with Gasteiger partial charge in [-0.1, -0.05) is 36.8 Å². The van der Waals surface area contributed by atoms with Gasteiger partial charge in [-0.3, -0.25) is 9.69 Å². The van der Waals surface area contributed by atoms with Crippen molar-refractivity contribution in [3.8, 4) is 0 Å². The van der Waals surface area contributed by atoms with Crippen LogP contribution in [0.2, 0.25) is 0 Å². The predicted molar refractivity (Wildman–Crippen MR) is 109 cm³/mol. The molecule has 1 aliphatic carbocycles. The summed E-state index contributed by atoms with van der Waals surface area (Å²) in [6.07, 6.45) is 5.72. The van der Waals surface area contributed by atoms with E-state index in [1.807, 2.05) is 6.07 Å². The van der Waals surface area contributed by atoms with Gasteiger partial charge in [-0.05, 0) is 43.1 Å². The molecule has 1 saturated carbocycles. The number of carbonyl (C=O) groups excluding carboxylic acids is 1. The van der Waals surface area contributed by atoms with E-state index in [1.54, 1.807) is 0 Å². The summed E-state index contributed by atoms with van der Waals surface area (Å²) >= 11 is 0. The number of nitrogens with one attached hydrogen (secondary N) is 1. The van der Waals surface area contributed by atoms with Crippen molar-refractivity contribution in [3.05, 3.63) is 35.9 Å². The summed E-state index contributed by atoms with van der Waals surface area (Å²) in [5.74, 6) is 1.01. The standard InChI is InChI=1S/C21H31N3O3S/c1-28(26,27)24-12-6-5-9-20(24)21(25)22-19-11-10-17-14-23(15-18(17)19)13-16-7-3-2-4-8-16/h2-4,7-8,17-20H,5-6,9-15H2,1H3,(H,22,25)/t17-,18+,19+,20-/m0/s1. The zero-order valence-electron chi connectivity index (χ0n) is 16.6. The molecule has 0 aromatic heterocycles. The number of likely N-dealkylation sites (tertiary alicyclic amines) is 1. The Kier molecular flexibility index (Phi) is 5.76. The van der Waals surface area contributed by atoms with Gasteiger partial charge in [0.2, 0.25) is 15.9 Å². The number of piperidine rings is 1. The molecule has 2 saturated heterocycles. The van der Waals surface area contributed by atoms with Crippen LogP contribution in [0.3, 0.4) is 0 Å². The van der Waals surface area contributed by atoms with E-state index in [1.165, 1.54) is 16.1 Å². The van der Waals surface area contributed by atoms with Crippen molar-refractivity contribution in [2.75, 3.05) is 25.9 Å². The highest BCUT2D eigenvalue weighted by atomic mass is 32.2. The van der Waals surface area contributed by atoms with Crippen LogP contribution < -0.4 is 5.32 Å². The van der Waals surface area contributed by atoms with Crippen LogP contribution in [0.25, 0.3) is 0 Å². The van der Waals surface area contributed by atoms with Gasteiger partial charge in [-0.2, -0.15) is 4.31 Å². The lowest BCUT2D eigenvalue weighted by atomic mass is 9.97. The quantitative estimate of drug-likeness (QED) is 0.811. The first-order valence-electron chi connectivity index (χ1n) is 10.5. The van der Waals surface area contributed by atoms with Crippen molar-refractivity contribution in [2.24, 2.45) is 11.8 Å². The molecule has 0 unspecified atom stereocenters. The van der Waals surface area contributed by atoms with Gasteiger partial charge in [-0.15, -0.1) is 0 Å². The predicted octanol–water partition coefficient (Wildman–Crippen LogP) is 1.83. The van der Waals surface area contributed by atoms with Gasteiger partial charge in [0.25, 0.3) is 0 Å². The first kappa shape index (κ1) is 19.9. The molecule has 0 radical (unpaired) electrons. The summed E-state index contributed by atoms with van der Waals surface area (Å²) in [5, 5.41) is 3.23. The molecule has 2 heterocycles. The largest absolute Gasteiger partial charge is 0.352 e. The summed E-state index contributed by atoms with van der Waals surface area (Å²) in [4.78, 5) is 15.4. The molecule has 0 spiro atoms. The van der Waals surface area contributed by atoms with Crippen LogP contribution >= 0.6 is 0 Å². The monoisotopic (exact) mass is 405 g/mol. The number of benzene rings is 1. The summed E-state index contributed by atoms with van der Waals surface area (Å²) in [7, 11) is -3.35. The van der Waals surface area contributed by atoms with Crippen LogP contribution in [0.5, 0.6) is 0 Å². The zero-order valence-corrected chi connectivity index (χ0v) is 17.4. The van der Waals surface area contributed by atoms with Crippen molar-refractivity contribution in [1.82, 2.24) is 14.5 Å². The number of amides is 1. The molecule has 0 bridgehead atoms. The molecule has 3 aliphatic rings. The number of fused-ring (bicyclic) bond motifs is 1. The number of carbonyl (C=O) groups is 1. The second kappa shape index (κ2) is 8.13. The molecule has 2 aliphatic heterocycles. The normalized spacial score (nSPS) is 31.6. The fourth-order valence-corrected chi connectivity index (χ4v) is 6.47. The van der Waals surface area contributed by atoms with Gasteiger partial charge in [0.05, 0.1) is 6.26 Å². The van der Waals surface area contributed by atoms with Crippen molar-refractivity contribution in [1.29, 1.82) is 0 Å². The molecular weight excluding hydrogens is 374 g/mol. The molecule has 7 heteroatoms. The highest BCUT2D eigenvalue weighted by Gasteiger charge is 2.44. The number of rotatable bonds is 5. The minimum atomic E-state index is -3.35. The van der Waals surface area contributed by atoms with Crippen LogP contribution in [-0.2, 0) is 21.4 Å². The lowest BCUT2D eigenvalue weighted by Crippen LogP contribution is -2.54. The van der Waals surface area contributed by atoms with Gasteiger partial charge in [0.1, 0.15) is 6.04 Å². The van der Waals surface area contributed by atoms with Crippen LogP contribution in [0.1, 0.15) is 37.7 Å². The Bertz CT molecular complexity index is 798. The Morgan fingerprint density at radius 2 is 1.89 bits per heavy atom. The van der Waals surface area contributed by atoms with E-state index in [9.17, 15) is 13.2 Å². The molecule has 154 valence electrons. The van der Waals surface area contributed by atoms with E-state index in [-0.39, 0.29) is 11.9 Å². The molecule has 4 rings (SSSR count). The van der Waals surface area contributed by atoms with Gasteiger partial charge >= 0.3 is 0 Å². The summed E-state index contributed by atoms with van der Waals surface area (Å²) in [6.45, 7) is 3.51. The molecule has 1 amide bonds. The summed E-state index contributed by atoms with van der Waals surface area (Å²) < 4.78 is 25.6. The van der Waals surface area contributed by atoms with Crippen LogP contribution in [0, 0.1) is 11.8 Å². The maximum absolute atomic E-state index is 12.9. The Hall–Kier alpha value is -1.44. The van der Waals surface area contributed by atoms with Gasteiger partial charge in [0.15, 0.2) is 0 Å². The smallest absolute Gasteiger partial charge is 0.238 e. The van der Waals surface area contributed by atoms with Crippen LogP contribution in [0.15, 0.2) is 30.3 Å². The molecule has 28 heavy (non-hydrogen) atoms. The number of hydrogen-bond donors (Lipinski definition) is 1. The van der Waals surface area contributed by atoms with E-state index >= 15 is 0 Å². The molecule has 6 nitrogen and oxygen atoms in total. The van der Waals surface area contributed by atoms with Gasteiger partial charge < -0.3 is 5.32 Å². The number of nitrogens with zero attached hydrogens (tertiary/aromatic N) is 2. The third kappa shape index (κ3) is 4.26. The second-order valence-electron chi connectivity index (χ2n) is 8.68. The van der Waals surface area contributed by atoms with Crippen molar-refractivity contribution in [3.63, 3.8) is 0 Å². The summed E-state index contributed by atoms with van der Waals surface area (Å²) in [6, 6.07) is 10.1. The average molecular weight is 406 g/mol. The second-order valence-corrected chi connectivity index (χ2v) is 10.6. The van der Waals surface area contributed by atoms with Crippen molar-refractivity contribution in [2.45, 2.75) is 50.7 Å². The molecule has 3 fully saturated rings. The third-order valence-corrected chi connectivity index (χ3v) is 7.98. The zero-order chi connectivity index (χ0) is 19.7. The SMILES string of the molecule is CS(=O)(=O)N1CCCC[C@H]1C(=O)N[C@@H]1CC[C@H]2CN(Cc3ccccc3)C[C@H]21. The lowest BCUT2D eigenvalue weighted by Gasteiger charge is -2.34. The van der Waals surface area contributed by atoms with E-state index < -0.39 is 16.1 Å². The van der Waals surface area contributed by atoms with E-state index in [4.69, 9.17) is 0 Å². The molecule has 1 aromatic carbocycles. The molecular formula is C21H31N3O3S. The van der Waals surface area contributed by atoms with Crippen molar-refractivity contribution >= 4 is 15.9 Å². The maximum atomic E-state index is 12.9. The molecule has 1 aromatic rings. The first-order chi connectivity index (χ1) is 13.4. The van der Waals surface area contributed by atoms with E-state index in [2.05, 4.69) is 34.5 Å².